The lowest BCUT2D eigenvalue weighted by molar-refractivity contribution is -0.0386. The van der Waals surface area contributed by atoms with Crippen LogP contribution >= 0.6 is 0 Å². The first-order valence-electron chi connectivity index (χ1n) is 7.72. The van der Waals surface area contributed by atoms with Crippen LogP contribution in [0.2, 0.25) is 0 Å². The second-order valence-corrected chi connectivity index (χ2v) is 6.15. The van der Waals surface area contributed by atoms with E-state index in [9.17, 15) is 0 Å². The first-order chi connectivity index (χ1) is 8.22. The maximum atomic E-state index is 3.70. The third kappa shape index (κ3) is 2.68. The van der Waals surface area contributed by atoms with Gasteiger partial charge in [0.2, 0.25) is 0 Å². The molecule has 1 saturated heterocycles. The molecule has 100 valence electrons. The molecule has 0 aromatic rings. The van der Waals surface area contributed by atoms with Gasteiger partial charge in [0.05, 0.1) is 0 Å². The summed E-state index contributed by atoms with van der Waals surface area (Å²) in [6, 6.07) is 1.55. The molecule has 2 atom stereocenters. The van der Waals surface area contributed by atoms with Gasteiger partial charge in [-0.3, -0.25) is 4.90 Å². The first-order valence-corrected chi connectivity index (χ1v) is 7.72. The van der Waals surface area contributed by atoms with Crippen molar-refractivity contribution in [3.8, 4) is 0 Å². The van der Waals surface area contributed by atoms with E-state index in [1.807, 2.05) is 0 Å². The SMILES string of the molecule is CCCNC1CCN(C2(CC)CCC2)C(C)C1. The summed E-state index contributed by atoms with van der Waals surface area (Å²) in [7, 11) is 0. The lowest BCUT2D eigenvalue weighted by atomic mass is 9.71. The van der Waals surface area contributed by atoms with E-state index in [4.69, 9.17) is 0 Å². The van der Waals surface area contributed by atoms with E-state index < -0.39 is 0 Å². The molecule has 0 aromatic carbocycles. The molecule has 2 heteroatoms. The summed E-state index contributed by atoms with van der Waals surface area (Å²) in [6.45, 7) is 9.58. The molecule has 0 radical (unpaired) electrons. The van der Waals surface area contributed by atoms with Crippen LogP contribution in [0.3, 0.4) is 0 Å². The van der Waals surface area contributed by atoms with Crippen molar-refractivity contribution in [3.05, 3.63) is 0 Å². The smallest absolute Gasteiger partial charge is 0.0209 e. The minimum absolute atomic E-state index is 0.592. The zero-order valence-electron chi connectivity index (χ0n) is 12.0. The molecule has 2 unspecified atom stereocenters. The summed E-state index contributed by atoms with van der Waals surface area (Å²) >= 11 is 0. The summed E-state index contributed by atoms with van der Waals surface area (Å²) in [5.74, 6) is 0. The Morgan fingerprint density at radius 1 is 1.29 bits per heavy atom. The molecule has 0 aromatic heterocycles. The number of nitrogens with one attached hydrogen (secondary N) is 1. The van der Waals surface area contributed by atoms with E-state index >= 15 is 0 Å². The lowest BCUT2D eigenvalue weighted by Gasteiger charge is -2.55. The van der Waals surface area contributed by atoms with Crippen molar-refractivity contribution in [2.24, 2.45) is 0 Å². The molecule has 0 amide bonds. The van der Waals surface area contributed by atoms with E-state index in [1.165, 1.54) is 58.0 Å². The van der Waals surface area contributed by atoms with Gasteiger partial charge in [-0.15, -0.1) is 0 Å². The van der Waals surface area contributed by atoms with Gasteiger partial charge in [-0.25, -0.2) is 0 Å². The van der Waals surface area contributed by atoms with Crippen molar-refractivity contribution >= 4 is 0 Å². The Bertz CT molecular complexity index is 230. The lowest BCUT2D eigenvalue weighted by Crippen LogP contribution is -2.60. The fourth-order valence-electron chi connectivity index (χ4n) is 3.84. The maximum Gasteiger partial charge on any atom is 0.0209 e. The Hall–Kier alpha value is -0.0800. The molecular weight excluding hydrogens is 208 g/mol. The van der Waals surface area contributed by atoms with Crippen LogP contribution in [-0.2, 0) is 0 Å². The zero-order valence-corrected chi connectivity index (χ0v) is 12.0. The van der Waals surface area contributed by atoms with Gasteiger partial charge in [0.25, 0.3) is 0 Å². The van der Waals surface area contributed by atoms with Crippen molar-refractivity contribution in [3.63, 3.8) is 0 Å². The average molecular weight is 238 g/mol. The molecule has 1 aliphatic carbocycles. The predicted molar refractivity (Wildman–Crippen MR) is 74.4 cm³/mol. The van der Waals surface area contributed by atoms with Crippen molar-refractivity contribution in [1.29, 1.82) is 0 Å². The monoisotopic (exact) mass is 238 g/mol. The first kappa shape index (κ1) is 13.4. The summed E-state index contributed by atoms with van der Waals surface area (Å²) in [5, 5.41) is 3.70. The zero-order chi connectivity index (χ0) is 12.3. The van der Waals surface area contributed by atoms with Crippen LogP contribution in [0.4, 0.5) is 0 Å². The number of nitrogens with zero attached hydrogens (tertiary/aromatic N) is 1. The van der Waals surface area contributed by atoms with Gasteiger partial charge in [-0.2, -0.15) is 0 Å². The summed E-state index contributed by atoms with van der Waals surface area (Å²) in [6.07, 6.45) is 9.65. The molecular formula is C15H30N2. The van der Waals surface area contributed by atoms with Gasteiger partial charge >= 0.3 is 0 Å². The van der Waals surface area contributed by atoms with E-state index in [0.29, 0.717) is 5.54 Å². The molecule has 2 nitrogen and oxygen atoms in total. The number of hydrogen-bond donors (Lipinski definition) is 1. The number of piperidine rings is 1. The van der Waals surface area contributed by atoms with E-state index in [2.05, 4.69) is 31.0 Å². The number of rotatable bonds is 5. The second-order valence-electron chi connectivity index (χ2n) is 6.15. The Balaban J connectivity index is 1.87. The topological polar surface area (TPSA) is 15.3 Å². The van der Waals surface area contributed by atoms with Crippen molar-refractivity contribution < 1.29 is 0 Å². The molecule has 17 heavy (non-hydrogen) atoms. The number of hydrogen-bond acceptors (Lipinski definition) is 2. The highest BCUT2D eigenvalue weighted by molar-refractivity contribution is 5.01. The average Bonchev–Trinajstić information content (AvgIpc) is 2.28. The van der Waals surface area contributed by atoms with Crippen molar-refractivity contribution in [2.45, 2.75) is 83.3 Å². The van der Waals surface area contributed by atoms with E-state index in [-0.39, 0.29) is 0 Å². The van der Waals surface area contributed by atoms with Crippen LogP contribution in [0, 0.1) is 0 Å². The molecule has 2 rings (SSSR count). The highest BCUT2D eigenvalue weighted by atomic mass is 15.2. The van der Waals surface area contributed by atoms with Gasteiger partial charge in [-0.1, -0.05) is 13.8 Å². The van der Waals surface area contributed by atoms with Gasteiger partial charge in [0.1, 0.15) is 0 Å². The van der Waals surface area contributed by atoms with Gasteiger partial charge < -0.3 is 5.32 Å². The largest absolute Gasteiger partial charge is 0.314 e. The summed E-state index contributed by atoms with van der Waals surface area (Å²) < 4.78 is 0. The van der Waals surface area contributed by atoms with Gasteiger partial charge in [0, 0.05) is 24.2 Å². The normalized spacial score (nSPS) is 33.4. The Kier molecular flexibility index (Phi) is 4.48. The molecule has 1 aliphatic heterocycles. The number of likely N-dealkylation sites (tertiary alicyclic amines) is 1. The van der Waals surface area contributed by atoms with E-state index in [1.54, 1.807) is 0 Å². The van der Waals surface area contributed by atoms with Crippen LogP contribution in [-0.4, -0.2) is 35.6 Å². The quantitative estimate of drug-likeness (QED) is 0.791. The Morgan fingerprint density at radius 2 is 2.06 bits per heavy atom. The minimum atomic E-state index is 0.592. The minimum Gasteiger partial charge on any atom is -0.314 e. The second kappa shape index (κ2) is 5.71. The molecule has 1 heterocycles. The van der Waals surface area contributed by atoms with Crippen LogP contribution in [0.25, 0.3) is 0 Å². The van der Waals surface area contributed by atoms with Gasteiger partial charge in [-0.05, 0) is 58.4 Å². The predicted octanol–water partition coefficient (Wildman–Crippen LogP) is 3.17. The fraction of sp³-hybridized carbons (Fsp3) is 1.00. The molecule has 2 fully saturated rings. The Labute approximate surface area is 107 Å². The third-order valence-corrected chi connectivity index (χ3v) is 5.11. The third-order valence-electron chi connectivity index (χ3n) is 5.11. The van der Waals surface area contributed by atoms with Crippen molar-refractivity contribution in [1.82, 2.24) is 10.2 Å². The van der Waals surface area contributed by atoms with Crippen LogP contribution < -0.4 is 5.32 Å². The van der Waals surface area contributed by atoms with Crippen LogP contribution in [0.1, 0.15) is 65.7 Å². The standard InChI is InChI=1S/C15H30N2/c1-4-10-16-14-7-11-17(13(3)12-14)15(5-2)8-6-9-15/h13-14,16H,4-12H2,1-3H3. The van der Waals surface area contributed by atoms with Crippen LogP contribution in [0.15, 0.2) is 0 Å². The maximum absolute atomic E-state index is 3.70. The van der Waals surface area contributed by atoms with Gasteiger partial charge in [0.15, 0.2) is 0 Å². The van der Waals surface area contributed by atoms with Crippen LogP contribution in [0.5, 0.6) is 0 Å². The fourth-order valence-corrected chi connectivity index (χ4v) is 3.84. The highest BCUT2D eigenvalue weighted by Gasteiger charge is 2.44. The summed E-state index contributed by atoms with van der Waals surface area (Å²) in [5.41, 5.74) is 0.592. The molecule has 0 bridgehead atoms. The van der Waals surface area contributed by atoms with Crippen molar-refractivity contribution in [2.75, 3.05) is 13.1 Å². The summed E-state index contributed by atoms with van der Waals surface area (Å²) in [4.78, 5) is 2.83. The Morgan fingerprint density at radius 3 is 2.53 bits per heavy atom. The molecule has 0 spiro atoms. The molecule has 1 N–H and O–H groups in total. The molecule has 2 aliphatic rings. The highest BCUT2D eigenvalue weighted by Crippen LogP contribution is 2.43. The van der Waals surface area contributed by atoms with E-state index in [0.717, 1.165) is 12.1 Å². The molecule has 1 saturated carbocycles.